The molecule has 0 fully saturated rings. The van der Waals surface area contributed by atoms with Gasteiger partial charge in [0.25, 0.3) is 0 Å². The van der Waals surface area contributed by atoms with E-state index in [1.165, 1.54) is 0 Å². The third kappa shape index (κ3) is 3.88. The zero-order chi connectivity index (χ0) is 19.4. The first-order chi connectivity index (χ1) is 13.0. The van der Waals surface area contributed by atoms with Gasteiger partial charge in [0.05, 0.1) is 18.5 Å². The molecule has 0 spiro atoms. The Bertz CT molecular complexity index is 1010. The number of hydrogen-bond donors (Lipinski definition) is 1. The van der Waals surface area contributed by atoms with Crippen LogP contribution >= 0.6 is 0 Å². The van der Waals surface area contributed by atoms with E-state index < -0.39 is 5.97 Å². The van der Waals surface area contributed by atoms with E-state index in [0.717, 1.165) is 33.8 Å². The van der Waals surface area contributed by atoms with Gasteiger partial charge in [-0.05, 0) is 38.5 Å². The molecule has 0 bridgehead atoms. The highest BCUT2D eigenvalue weighted by Gasteiger charge is 2.18. The molecule has 3 heterocycles. The molecule has 0 saturated carbocycles. The molecule has 0 aliphatic carbocycles. The molecule has 27 heavy (non-hydrogen) atoms. The third-order valence-corrected chi connectivity index (χ3v) is 4.20. The van der Waals surface area contributed by atoms with Gasteiger partial charge in [-0.15, -0.1) is 0 Å². The maximum atomic E-state index is 11.1. The second-order valence-corrected chi connectivity index (χ2v) is 6.10. The molecule has 3 aromatic rings. The topological polar surface area (TPSA) is 90.1 Å². The van der Waals surface area contributed by atoms with E-state index in [4.69, 9.17) is 14.8 Å². The molecule has 7 heteroatoms. The molecule has 0 unspecified atom stereocenters. The summed E-state index contributed by atoms with van der Waals surface area (Å²) < 4.78 is 7.41. The van der Waals surface area contributed by atoms with Crippen LogP contribution in [0.4, 0.5) is 0 Å². The van der Waals surface area contributed by atoms with Crippen LogP contribution < -0.4 is 0 Å². The fourth-order valence-corrected chi connectivity index (χ4v) is 3.03. The zero-order valence-electron chi connectivity index (χ0n) is 15.6. The van der Waals surface area contributed by atoms with Gasteiger partial charge in [0.15, 0.2) is 5.65 Å². The first-order valence-corrected chi connectivity index (χ1v) is 8.84. The van der Waals surface area contributed by atoms with Gasteiger partial charge in [-0.3, -0.25) is 4.98 Å². The number of aliphatic carboxylic acids is 1. The third-order valence-electron chi connectivity index (χ3n) is 4.20. The molecular formula is C20H22N4O3. The van der Waals surface area contributed by atoms with Gasteiger partial charge < -0.3 is 9.84 Å². The number of hydrogen-bond acceptors (Lipinski definition) is 5. The summed E-state index contributed by atoms with van der Waals surface area (Å²) in [6, 6.07) is 2.02. The number of carboxylic acid groups (broad SMARTS) is 1. The minimum atomic E-state index is -1.02. The van der Waals surface area contributed by atoms with Crippen molar-refractivity contribution in [2.75, 3.05) is 6.61 Å². The summed E-state index contributed by atoms with van der Waals surface area (Å²) in [5.74, 6) is -1.02. The Balaban J connectivity index is 2.37. The van der Waals surface area contributed by atoms with Crippen molar-refractivity contribution in [1.82, 2.24) is 19.7 Å². The van der Waals surface area contributed by atoms with E-state index in [0.29, 0.717) is 24.4 Å². The highest BCUT2D eigenvalue weighted by molar-refractivity contribution is 5.99. The Kier molecular flexibility index (Phi) is 5.61. The smallest absolute Gasteiger partial charge is 0.328 e. The number of carboxylic acids is 1. The second kappa shape index (κ2) is 8.09. The summed E-state index contributed by atoms with van der Waals surface area (Å²) in [5, 5.41) is 14.4. The van der Waals surface area contributed by atoms with Gasteiger partial charge in [0.2, 0.25) is 0 Å². The van der Waals surface area contributed by atoms with Crippen LogP contribution in [0.3, 0.4) is 0 Å². The van der Waals surface area contributed by atoms with Crippen LogP contribution in [0, 0.1) is 6.92 Å². The minimum absolute atomic E-state index is 0.285. The van der Waals surface area contributed by atoms with Crippen molar-refractivity contribution >= 4 is 23.1 Å². The largest absolute Gasteiger partial charge is 0.478 e. The average Bonchev–Trinajstić information content (AvgIpc) is 3.06. The fourth-order valence-electron chi connectivity index (χ4n) is 3.03. The van der Waals surface area contributed by atoms with Crippen LogP contribution in [0.2, 0.25) is 0 Å². The maximum absolute atomic E-state index is 11.1. The lowest BCUT2D eigenvalue weighted by Crippen LogP contribution is -2.05. The van der Waals surface area contributed by atoms with E-state index in [2.05, 4.69) is 10.1 Å². The lowest BCUT2D eigenvalue weighted by Gasteiger charge is -2.14. The van der Waals surface area contributed by atoms with Gasteiger partial charge in [0, 0.05) is 53.7 Å². The quantitative estimate of drug-likeness (QED) is 0.644. The van der Waals surface area contributed by atoms with Crippen LogP contribution in [0.15, 0.2) is 30.7 Å². The van der Waals surface area contributed by atoms with Crippen LogP contribution in [0.25, 0.3) is 28.2 Å². The van der Waals surface area contributed by atoms with Gasteiger partial charge in [-0.25, -0.2) is 14.5 Å². The maximum Gasteiger partial charge on any atom is 0.328 e. The van der Waals surface area contributed by atoms with Crippen LogP contribution in [0.1, 0.15) is 30.7 Å². The van der Waals surface area contributed by atoms with Gasteiger partial charge >= 0.3 is 5.97 Å². The van der Waals surface area contributed by atoms with Crippen molar-refractivity contribution in [3.05, 3.63) is 47.6 Å². The van der Waals surface area contributed by atoms with Gasteiger partial charge in [-0.1, -0.05) is 0 Å². The Morgan fingerprint density at radius 2 is 2.11 bits per heavy atom. The molecule has 0 aromatic carbocycles. The monoisotopic (exact) mass is 366 g/mol. The molecule has 0 aliphatic heterocycles. The molecule has 0 saturated heterocycles. The number of aromatic nitrogens is 4. The molecule has 0 amide bonds. The van der Waals surface area contributed by atoms with Crippen LogP contribution in [-0.4, -0.2) is 37.4 Å². The van der Waals surface area contributed by atoms with E-state index in [9.17, 15) is 4.79 Å². The number of nitrogens with zero attached hydrogens (tertiary/aromatic N) is 4. The van der Waals surface area contributed by atoms with Crippen LogP contribution in [0.5, 0.6) is 0 Å². The van der Waals surface area contributed by atoms with Crippen molar-refractivity contribution in [3.8, 4) is 11.1 Å². The first-order valence-electron chi connectivity index (χ1n) is 8.84. The Hall–Kier alpha value is -3.06. The summed E-state index contributed by atoms with van der Waals surface area (Å²) in [7, 11) is 0. The number of aryl methyl sites for hydroxylation is 2. The minimum Gasteiger partial charge on any atom is -0.478 e. The molecule has 3 aromatic heterocycles. The van der Waals surface area contributed by atoms with E-state index >= 15 is 0 Å². The Morgan fingerprint density at radius 3 is 2.78 bits per heavy atom. The predicted octanol–water partition coefficient (Wildman–Crippen LogP) is 3.46. The van der Waals surface area contributed by atoms with Crippen molar-refractivity contribution in [2.45, 2.75) is 33.9 Å². The molecule has 7 nitrogen and oxygen atoms in total. The summed E-state index contributed by atoms with van der Waals surface area (Å²) in [4.78, 5) is 20.2. The molecule has 0 aliphatic rings. The summed E-state index contributed by atoms with van der Waals surface area (Å²) in [6.07, 6.45) is 8.02. The number of pyridine rings is 2. The Labute approximate surface area is 157 Å². The lowest BCUT2D eigenvalue weighted by molar-refractivity contribution is -0.131. The van der Waals surface area contributed by atoms with Gasteiger partial charge in [0.1, 0.15) is 0 Å². The second-order valence-electron chi connectivity index (χ2n) is 6.10. The lowest BCUT2D eigenvalue weighted by atomic mass is 9.96. The van der Waals surface area contributed by atoms with E-state index in [1.54, 1.807) is 24.7 Å². The summed E-state index contributed by atoms with van der Waals surface area (Å²) in [6.45, 7) is 7.39. The first kappa shape index (κ1) is 18.7. The average molecular weight is 366 g/mol. The SMILES string of the molecule is CCOCc1nc2c(cnn2CC)c(-c2cncc(C)c2)c1C=CC(=O)O. The molecular weight excluding hydrogens is 344 g/mol. The van der Waals surface area contributed by atoms with Crippen molar-refractivity contribution in [3.63, 3.8) is 0 Å². The van der Waals surface area contributed by atoms with E-state index in [1.807, 2.05) is 31.5 Å². The molecule has 0 atom stereocenters. The highest BCUT2D eigenvalue weighted by atomic mass is 16.5. The fraction of sp³-hybridized carbons (Fsp3) is 0.300. The van der Waals surface area contributed by atoms with Crippen molar-refractivity contribution in [1.29, 1.82) is 0 Å². The highest BCUT2D eigenvalue weighted by Crippen LogP contribution is 2.34. The predicted molar refractivity (Wildman–Crippen MR) is 103 cm³/mol. The van der Waals surface area contributed by atoms with Crippen LogP contribution in [-0.2, 0) is 22.7 Å². The van der Waals surface area contributed by atoms with Crippen molar-refractivity contribution in [2.24, 2.45) is 0 Å². The molecule has 3 rings (SSSR count). The summed E-state index contributed by atoms with van der Waals surface area (Å²) in [5.41, 5.74) is 4.90. The van der Waals surface area contributed by atoms with E-state index in [-0.39, 0.29) is 6.61 Å². The Morgan fingerprint density at radius 1 is 1.30 bits per heavy atom. The molecule has 140 valence electrons. The molecule has 0 radical (unpaired) electrons. The van der Waals surface area contributed by atoms with Gasteiger partial charge in [-0.2, -0.15) is 5.10 Å². The number of fused-ring (bicyclic) bond motifs is 1. The standard InChI is InChI=1S/C20H22N4O3/c1-4-24-20-16(11-22-24)19(14-8-13(3)9-21-10-14)15(6-7-18(25)26)17(23-20)12-27-5-2/h6-11H,4-5,12H2,1-3H3,(H,25,26). The number of rotatable bonds is 7. The summed E-state index contributed by atoms with van der Waals surface area (Å²) >= 11 is 0. The zero-order valence-corrected chi connectivity index (χ0v) is 15.6. The normalized spacial score (nSPS) is 11.5. The number of carbonyl (C=O) groups is 1. The number of ether oxygens (including phenoxy) is 1. The molecule has 1 N–H and O–H groups in total. The van der Waals surface area contributed by atoms with Crippen molar-refractivity contribution < 1.29 is 14.6 Å².